The van der Waals surface area contributed by atoms with E-state index in [2.05, 4.69) is 10.2 Å². The van der Waals surface area contributed by atoms with Crippen LogP contribution in [0, 0.1) is 5.82 Å². The zero-order valence-corrected chi connectivity index (χ0v) is 12.7. The molecule has 1 aromatic heterocycles. The van der Waals surface area contributed by atoms with Crippen LogP contribution in [-0.2, 0) is 6.42 Å². The van der Waals surface area contributed by atoms with E-state index < -0.39 is 11.6 Å². The van der Waals surface area contributed by atoms with E-state index in [0.29, 0.717) is 12.1 Å². The van der Waals surface area contributed by atoms with Crippen LogP contribution in [0.5, 0.6) is 5.75 Å². The highest BCUT2D eigenvalue weighted by Crippen LogP contribution is 2.37. The van der Waals surface area contributed by atoms with E-state index in [-0.39, 0.29) is 10.6 Å². The monoisotopic (exact) mass is 316 g/mol. The van der Waals surface area contributed by atoms with Crippen molar-refractivity contribution >= 4 is 11.6 Å². The van der Waals surface area contributed by atoms with Crippen LogP contribution in [0.1, 0.15) is 12.5 Å². The summed E-state index contributed by atoms with van der Waals surface area (Å²) in [5.74, 6) is -1.29. The van der Waals surface area contributed by atoms with Gasteiger partial charge in [-0.05, 0) is 18.6 Å². The molecule has 22 heavy (non-hydrogen) atoms. The van der Waals surface area contributed by atoms with Gasteiger partial charge in [0.05, 0.1) is 16.4 Å². The summed E-state index contributed by atoms with van der Waals surface area (Å²) in [7, 11) is 0. The Morgan fingerprint density at radius 3 is 2.59 bits per heavy atom. The predicted molar refractivity (Wildman–Crippen MR) is 85.5 cm³/mol. The second-order valence-electron chi connectivity index (χ2n) is 4.90. The van der Waals surface area contributed by atoms with E-state index in [1.807, 2.05) is 37.3 Å². The Morgan fingerprint density at radius 2 is 1.91 bits per heavy atom. The molecule has 0 atom stereocenters. The number of rotatable bonds is 3. The molecule has 112 valence electrons. The number of aromatic nitrogens is 2. The van der Waals surface area contributed by atoms with Crippen LogP contribution >= 0.6 is 11.6 Å². The third-order valence-electron chi connectivity index (χ3n) is 3.60. The van der Waals surface area contributed by atoms with E-state index in [0.717, 1.165) is 16.8 Å². The van der Waals surface area contributed by atoms with E-state index >= 15 is 0 Å². The Bertz CT molecular complexity index is 815. The number of nitrogens with zero attached hydrogens (tertiary/aromatic N) is 1. The number of hydrogen-bond donors (Lipinski definition) is 2. The number of nitrogens with one attached hydrogen (secondary N) is 1. The first-order chi connectivity index (χ1) is 10.6. The summed E-state index contributed by atoms with van der Waals surface area (Å²) in [4.78, 5) is 0. The van der Waals surface area contributed by atoms with Gasteiger partial charge in [0.1, 0.15) is 0 Å². The fraction of sp³-hybridized carbons (Fsp3) is 0.118. The van der Waals surface area contributed by atoms with Crippen molar-refractivity contribution < 1.29 is 9.50 Å². The smallest absolute Gasteiger partial charge is 0.175 e. The van der Waals surface area contributed by atoms with Gasteiger partial charge >= 0.3 is 0 Å². The number of aromatic amines is 1. The Hall–Kier alpha value is -2.33. The number of H-pyrrole nitrogens is 1. The molecule has 3 aromatic rings. The van der Waals surface area contributed by atoms with Crippen LogP contribution in [-0.4, -0.2) is 15.3 Å². The lowest BCUT2D eigenvalue weighted by atomic mass is 9.99. The third-order valence-corrected chi connectivity index (χ3v) is 3.91. The van der Waals surface area contributed by atoms with Crippen LogP contribution in [0.3, 0.4) is 0 Å². The highest BCUT2D eigenvalue weighted by Gasteiger charge is 2.20. The van der Waals surface area contributed by atoms with Gasteiger partial charge in [-0.1, -0.05) is 48.9 Å². The molecule has 0 spiro atoms. The second-order valence-corrected chi connectivity index (χ2v) is 5.31. The first-order valence-electron chi connectivity index (χ1n) is 6.93. The van der Waals surface area contributed by atoms with E-state index in [9.17, 15) is 9.50 Å². The molecule has 0 aliphatic rings. The highest BCUT2D eigenvalue weighted by atomic mass is 35.5. The molecule has 3 nitrogen and oxygen atoms in total. The normalized spacial score (nSPS) is 10.9. The maximum Gasteiger partial charge on any atom is 0.175 e. The molecular weight excluding hydrogens is 303 g/mol. The van der Waals surface area contributed by atoms with Gasteiger partial charge in [-0.3, -0.25) is 5.10 Å². The zero-order valence-electron chi connectivity index (χ0n) is 11.9. The summed E-state index contributed by atoms with van der Waals surface area (Å²) in [6.45, 7) is 1.98. The topological polar surface area (TPSA) is 48.9 Å². The molecule has 3 rings (SSSR count). The van der Waals surface area contributed by atoms with Crippen molar-refractivity contribution in [3.05, 3.63) is 58.9 Å². The van der Waals surface area contributed by atoms with Crippen molar-refractivity contribution in [1.82, 2.24) is 10.2 Å². The zero-order chi connectivity index (χ0) is 15.7. The Morgan fingerprint density at radius 1 is 1.18 bits per heavy atom. The minimum Gasteiger partial charge on any atom is -0.504 e. The van der Waals surface area contributed by atoms with Crippen LogP contribution < -0.4 is 0 Å². The average molecular weight is 317 g/mol. The minimum atomic E-state index is -0.745. The maximum absolute atomic E-state index is 14.3. The number of aromatic hydroxyl groups is 1. The van der Waals surface area contributed by atoms with Gasteiger partial charge in [-0.15, -0.1) is 0 Å². The molecule has 0 bridgehead atoms. The van der Waals surface area contributed by atoms with Gasteiger partial charge in [0.15, 0.2) is 11.6 Å². The summed E-state index contributed by atoms with van der Waals surface area (Å²) < 4.78 is 14.3. The Balaban J connectivity index is 2.18. The third kappa shape index (κ3) is 2.35. The fourth-order valence-corrected chi connectivity index (χ4v) is 2.65. The first-order valence-corrected chi connectivity index (χ1v) is 7.31. The SMILES string of the molecule is CCc1c(-c2ccccc2)n[nH]c1-c1ccc(Cl)c(O)c1F. The van der Waals surface area contributed by atoms with Gasteiger partial charge in [0.2, 0.25) is 0 Å². The number of hydrogen-bond acceptors (Lipinski definition) is 2. The molecule has 0 fully saturated rings. The number of benzene rings is 2. The number of halogens is 2. The van der Waals surface area contributed by atoms with Crippen LogP contribution in [0.4, 0.5) is 4.39 Å². The standard InChI is InChI=1S/C17H14ClFN2O/c1-2-11-15(10-6-4-3-5-7-10)20-21-16(11)12-8-9-13(18)17(22)14(12)19/h3-9,22H,2H2,1H3,(H,20,21). The maximum atomic E-state index is 14.3. The number of phenols is 1. The molecule has 0 unspecified atom stereocenters. The Kier molecular flexibility index (Phi) is 3.86. The summed E-state index contributed by atoms with van der Waals surface area (Å²) in [6.07, 6.45) is 0.679. The van der Waals surface area contributed by atoms with Gasteiger partial charge < -0.3 is 5.11 Å². The second kappa shape index (κ2) is 5.81. The van der Waals surface area contributed by atoms with Crippen molar-refractivity contribution in [2.45, 2.75) is 13.3 Å². The van der Waals surface area contributed by atoms with Crippen molar-refractivity contribution in [3.63, 3.8) is 0 Å². The number of phenolic OH excluding ortho intramolecular Hbond substituents is 1. The lowest BCUT2D eigenvalue weighted by Crippen LogP contribution is -1.91. The van der Waals surface area contributed by atoms with Crippen LogP contribution in [0.15, 0.2) is 42.5 Å². The van der Waals surface area contributed by atoms with E-state index in [1.54, 1.807) is 6.07 Å². The van der Waals surface area contributed by atoms with Crippen molar-refractivity contribution in [2.75, 3.05) is 0 Å². The molecule has 0 aliphatic heterocycles. The average Bonchev–Trinajstić information content (AvgIpc) is 2.97. The lowest BCUT2D eigenvalue weighted by Gasteiger charge is -2.07. The molecule has 2 aromatic carbocycles. The first kappa shape index (κ1) is 14.6. The van der Waals surface area contributed by atoms with E-state index in [4.69, 9.17) is 11.6 Å². The fourth-order valence-electron chi connectivity index (χ4n) is 2.50. The largest absolute Gasteiger partial charge is 0.504 e. The molecule has 0 saturated carbocycles. The minimum absolute atomic E-state index is 0.0119. The summed E-state index contributed by atoms with van der Waals surface area (Å²) >= 11 is 5.73. The summed E-state index contributed by atoms with van der Waals surface area (Å²) in [5.41, 5.74) is 3.46. The summed E-state index contributed by atoms with van der Waals surface area (Å²) in [5, 5.41) is 16.9. The molecule has 0 amide bonds. The van der Waals surface area contributed by atoms with Gasteiger partial charge in [-0.25, -0.2) is 4.39 Å². The molecule has 2 N–H and O–H groups in total. The van der Waals surface area contributed by atoms with E-state index in [1.165, 1.54) is 6.07 Å². The molecule has 0 radical (unpaired) electrons. The van der Waals surface area contributed by atoms with Crippen molar-refractivity contribution in [2.24, 2.45) is 0 Å². The van der Waals surface area contributed by atoms with Crippen molar-refractivity contribution in [3.8, 4) is 28.3 Å². The van der Waals surface area contributed by atoms with Crippen LogP contribution in [0.2, 0.25) is 5.02 Å². The van der Waals surface area contributed by atoms with Gasteiger partial charge in [-0.2, -0.15) is 5.10 Å². The van der Waals surface area contributed by atoms with Gasteiger partial charge in [0.25, 0.3) is 0 Å². The molecule has 0 saturated heterocycles. The van der Waals surface area contributed by atoms with Crippen LogP contribution in [0.25, 0.3) is 22.5 Å². The summed E-state index contributed by atoms with van der Waals surface area (Å²) in [6, 6.07) is 12.7. The van der Waals surface area contributed by atoms with Gasteiger partial charge in [0, 0.05) is 16.7 Å². The molecular formula is C17H14ClFN2O. The highest BCUT2D eigenvalue weighted by molar-refractivity contribution is 6.32. The molecule has 0 aliphatic carbocycles. The predicted octanol–water partition coefficient (Wildman–Crippen LogP) is 4.80. The van der Waals surface area contributed by atoms with Crippen molar-refractivity contribution in [1.29, 1.82) is 0 Å². The Labute approximate surface area is 132 Å². The molecule has 1 heterocycles. The lowest BCUT2D eigenvalue weighted by molar-refractivity contribution is 0.434. The molecule has 5 heteroatoms. The quantitative estimate of drug-likeness (QED) is 0.729.